The molecule has 0 aliphatic carbocycles. The number of carbonyl (C=O) groups is 1. The van der Waals surface area contributed by atoms with Crippen LogP contribution in [0.2, 0.25) is 0 Å². The summed E-state index contributed by atoms with van der Waals surface area (Å²) in [5.74, 6) is 0.735. The van der Waals surface area contributed by atoms with E-state index in [1.165, 1.54) is 11.8 Å². The fraction of sp³-hybridized carbons (Fsp3) is 0.158. The van der Waals surface area contributed by atoms with Crippen LogP contribution in [-0.4, -0.2) is 16.5 Å². The third kappa shape index (κ3) is 3.31. The Labute approximate surface area is 135 Å². The van der Waals surface area contributed by atoms with E-state index in [9.17, 15) is 4.79 Å². The molecular formula is C19H18N2O2. The monoisotopic (exact) mass is 306 g/mol. The lowest BCUT2D eigenvalue weighted by Gasteiger charge is -2.12. The summed E-state index contributed by atoms with van der Waals surface area (Å²) in [4.78, 5) is 11.2. The van der Waals surface area contributed by atoms with Gasteiger partial charge in [0, 0.05) is 5.56 Å². The molecular weight excluding hydrogens is 288 g/mol. The van der Waals surface area contributed by atoms with Crippen LogP contribution < -0.4 is 4.74 Å². The summed E-state index contributed by atoms with van der Waals surface area (Å²) in [5.41, 5.74) is 4.36. The van der Waals surface area contributed by atoms with Gasteiger partial charge in [0.25, 0.3) is 0 Å². The molecule has 3 aromatic rings. The lowest BCUT2D eigenvalue weighted by atomic mass is 10.0. The molecule has 0 unspecified atom stereocenters. The molecule has 3 rings (SSSR count). The van der Waals surface area contributed by atoms with E-state index in [-0.39, 0.29) is 0 Å². The Hall–Kier alpha value is -2.88. The van der Waals surface area contributed by atoms with Crippen LogP contribution in [0.25, 0.3) is 11.3 Å². The maximum absolute atomic E-state index is 11.2. The molecule has 23 heavy (non-hydrogen) atoms. The highest BCUT2D eigenvalue weighted by Crippen LogP contribution is 2.32. The highest BCUT2D eigenvalue weighted by molar-refractivity contribution is 5.87. The number of aromatic nitrogens is 2. The molecule has 2 aromatic carbocycles. The van der Waals surface area contributed by atoms with Gasteiger partial charge in [-0.3, -0.25) is 9.89 Å². The highest BCUT2D eigenvalue weighted by atomic mass is 16.5. The summed E-state index contributed by atoms with van der Waals surface area (Å²) in [6, 6.07) is 16.0. The van der Waals surface area contributed by atoms with Crippen molar-refractivity contribution in [3.8, 4) is 17.0 Å². The second-order valence-electron chi connectivity index (χ2n) is 5.28. The second-order valence-corrected chi connectivity index (χ2v) is 5.28. The van der Waals surface area contributed by atoms with Crippen molar-refractivity contribution in [1.29, 1.82) is 0 Å². The summed E-state index contributed by atoms with van der Waals surface area (Å²) >= 11 is 0. The van der Waals surface area contributed by atoms with Crippen molar-refractivity contribution in [3.63, 3.8) is 0 Å². The Morgan fingerprint density at radius 1 is 1.13 bits per heavy atom. The Kier molecular flexibility index (Phi) is 4.52. The first-order chi connectivity index (χ1) is 11.3. The number of benzene rings is 2. The Balaban J connectivity index is 1.94. The van der Waals surface area contributed by atoms with Crippen LogP contribution >= 0.6 is 0 Å². The second kappa shape index (κ2) is 6.92. The average Bonchev–Trinajstić information content (AvgIpc) is 3.09. The number of aldehydes is 1. The van der Waals surface area contributed by atoms with Gasteiger partial charge in [0.05, 0.1) is 17.5 Å². The van der Waals surface area contributed by atoms with Gasteiger partial charge in [-0.1, -0.05) is 43.3 Å². The van der Waals surface area contributed by atoms with E-state index in [2.05, 4.69) is 17.1 Å². The zero-order valence-corrected chi connectivity index (χ0v) is 13.0. The quantitative estimate of drug-likeness (QED) is 0.699. The van der Waals surface area contributed by atoms with Gasteiger partial charge in [-0.05, 0) is 29.7 Å². The molecule has 4 heteroatoms. The normalized spacial score (nSPS) is 10.5. The van der Waals surface area contributed by atoms with E-state index in [1.807, 2.05) is 48.5 Å². The number of H-pyrrole nitrogens is 1. The summed E-state index contributed by atoms with van der Waals surface area (Å²) < 4.78 is 5.98. The first-order valence-electron chi connectivity index (χ1n) is 7.60. The zero-order chi connectivity index (χ0) is 16.1. The van der Waals surface area contributed by atoms with Crippen molar-refractivity contribution in [3.05, 3.63) is 71.4 Å². The third-order valence-electron chi connectivity index (χ3n) is 3.75. The van der Waals surface area contributed by atoms with Crippen molar-refractivity contribution in [2.45, 2.75) is 20.0 Å². The van der Waals surface area contributed by atoms with Gasteiger partial charge in [-0.15, -0.1) is 0 Å². The lowest BCUT2D eigenvalue weighted by molar-refractivity contribution is 0.112. The fourth-order valence-electron chi connectivity index (χ4n) is 2.45. The number of hydrogen-bond acceptors (Lipinski definition) is 3. The molecule has 116 valence electrons. The number of aromatic amines is 1. The molecule has 0 fully saturated rings. The van der Waals surface area contributed by atoms with E-state index in [4.69, 9.17) is 4.74 Å². The van der Waals surface area contributed by atoms with Crippen molar-refractivity contribution >= 4 is 6.29 Å². The van der Waals surface area contributed by atoms with Crippen LogP contribution in [0.1, 0.15) is 28.4 Å². The molecule has 0 amide bonds. The molecule has 4 nitrogen and oxygen atoms in total. The highest BCUT2D eigenvalue weighted by Gasteiger charge is 2.13. The molecule has 0 saturated heterocycles. The van der Waals surface area contributed by atoms with Crippen LogP contribution in [0.15, 0.2) is 54.7 Å². The SMILES string of the molecule is CCc1ccc(OCc2ccccc2)c(-c2[nH]ncc2C=O)c1. The predicted octanol–water partition coefficient (Wildman–Crippen LogP) is 4.03. The van der Waals surface area contributed by atoms with Crippen LogP contribution in [0.4, 0.5) is 0 Å². The van der Waals surface area contributed by atoms with E-state index in [1.54, 1.807) is 0 Å². The zero-order valence-electron chi connectivity index (χ0n) is 13.0. The molecule has 1 N–H and O–H groups in total. The maximum Gasteiger partial charge on any atom is 0.153 e. The Bertz CT molecular complexity index is 794. The molecule has 0 aliphatic heterocycles. The number of aryl methyl sites for hydroxylation is 1. The van der Waals surface area contributed by atoms with E-state index in [0.717, 1.165) is 29.6 Å². The van der Waals surface area contributed by atoms with Gasteiger partial charge in [0.2, 0.25) is 0 Å². The van der Waals surface area contributed by atoms with E-state index in [0.29, 0.717) is 17.9 Å². The molecule has 1 heterocycles. The number of carbonyl (C=O) groups excluding carboxylic acids is 1. The van der Waals surface area contributed by atoms with E-state index >= 15 is 0 Å². The average molecular weight is 306 g/mol. The first-order valence-corrected chi connectivity index (χ1v) is 7.60. The van der Waals surface area contributed by atoms with Crippen molar-refractivity contribution in [1.82, 2.24) is 10.2 Å². The number of ether oxygens (including phenoxy) is 1. The summed E-state index contributed by atoms with van der Waals surface area (Å²) in [6.45, 7) is 2.57. The van der Waals surface area contributed by atoms with Crippen molar-refractivity contribution in [2.24, 2.45) is 0 Å². The van der Waals surface area contributed by atoms with Crippen molar-refractivity contribution in [2.75, 3.05) is 0 Å². The van der Waals surface area contributed by atoms with Crippen LogP contribution in [0.3, 0.4) is 0 Å². The van der Waals surface area contributed by atoms with Crippen LogP contribution in [0, 0.1) is 0 Å². The smallest absolute Gasteiger partial charge is 0.153 e. The van der Waals surface area contributed by atoms with Crippen LogP contribution in [-0.2, 0) is 13.0 Å². The van der Waals surface area contributed by atoms with Gasteiger partial charge < -0.3 is 4.74 Å². The first kappa shape index (κ1) is 15.0. The predicted molar refractivity (Wildman–Crippen MR) is 89.6 cm³/mol. The molecule has 1 aromatic heterocycles. The molecule has 0 radical (unpaired) electrons. The molecule has 0 atom stereocenters. The van der Waals surface area contributed by atoms with Gasteiger partial charge in [-0.2, -0.15) is 5.10 Å². The molecule has 0 spiro atoms. The largest absolute Gasteiger partial charge is 0.488 e. The topological polar surface area (TPSA) is 55.0 Å². The minimum absolute atomic E-state index is 0.476. The lowest BCUT2D eigenvalue weighted by Crippen LogP contribution is -1.98. The number of hydrogen-bond donors (Lipinski definition) is 1. The van der Waals surface area contributed by atoms with E-state index < -0.39 is 0 Å². The fourth-order valence-corrected chi connectivity index (χ4v) is 2.45. The third-order valence-corrected chi connectivity index (χ3v) is 3.75. The summed E-state index contributed by atoms with van der Waals surface area (Å²) in [7, 11) is 0. The molecule has 0 aliphatic rings. The van der Waals surface area contributed by atoms with Crippen molar-refractivity contribution < 1.29 is 9.53 Å². The minimum atomic E-state index is 0.476. The number of nitrogens with one attached hydrogen (secondary N) is 1. The summed E-state index contributed by atoms with van der Waals surface area (Å²) in [6.07, 6.45) is 3.25. The Morgan fingerprint density at radius 2 is 1.96 bits per heavy atom. The van der Waals surface area contributed by atoms with Gasteiger partial charge >= 0.3 is 0 Å². The van der Waals surface area contributed by atoms with Gasteiger partial charge in [0.1, 0.15) is 12.4 Å². The standard InChI is InChI=1S/C19H18N2O2/c1-2-14-8-9-18(23-13-15-6-4-3-5-7-15)17(10-14)19-16(12-22)11-20-21-19/h3-12H,2,13H2,1H3,(H,20,21). The maximum atomic E-state index is 11.2. The summed E-state index contributed by atoms with van der Waals surface area (Å²) in [5, 5.41) is 6.87. The Morgan fingerprint density at radius 3 is 2.70 bits per heavy atom. The number of nitrogens with zero attached hydrogens (tertiary/aromatic N) is 1. The van der Waals surface area contributed by atoms with Gasteiger partial charge in [-0.25, -0.2) is 0 Å². The molecule has 0 saturated carbocycles. The van der Waals surface area contributed by atoms with Gasteiger partial charge in [0.15, 0.2) is 6.29 Å². The minimum Gasteiger partial charge on any atom is -0.488 e. The number of rotatable bonds is 6. The van der Waals surface area contributed by atoms with Crippen LogP contribution in [0.5, 0.6) is 5.75 Å². The molecule has 0 bridgehead atoms.